The fourth-order valence-corrected chi connectivity index (χ4v) is 2.73. The average Bonchev–Trinajstić information content (AvgIpc) is 2.70. The number of amides is 1. The van der Waals surface area contributed by atoms with Gasteiger partial charge in [0.1, 0.15) is 11.5 Å². The van der Waals surface area contributed by atoms with Crippen LogP contribution in [0.3, 0.4) is 0 Å². The highest BCUT2D eigenvalue weighted by Gasteiger charge is 2.28. The van der Waals surface area contributed by atoms with Crippen LogP contribution in [-0.2, 0) is 0 Å². The Morgan fingerprint density at radius 2 is 1.95 bits per heavy atom. The number of methoxy groups -OCH3 is 1. The Morgan fingerprint density at radius 3 is 2.52 bits per heavy atom. The van der Waals surface area contributed by atoms with Crippen LogP contribution < -0.4 is 10.1 Å². The predicted octanol–water partition coefficient (Wildman–Crippen LogP) is 2.22. The van der Waals surface area contributed by atoms with Gasteiger partial charge < -0.3 is 20.3 Å². The topological polar surface area (TPSA) is 78.8 Å². The van der Waals surface area contributed by atoms with Crippen LogP contribution in [0, 0.1) is 0 Å². The molecule has 21 heavy (non-hydrogen) atoms. The number of aliphatic hydroxyl groups is 1. The van der Waals surface area contributed by atoms with Crippen molar-refractivity contribution in [1.29, 1.82) is 0 Å². The van der Waals surface area contributed by atoms with Gasteiger partial charge in [-0.1, -0.05) is 25.7 Å². The first-order valence-electron chi connectivity index (χ1n) is 7.42. The predicted molar refractivity (Wildman–Crippen MR) is 79.6 cm³/mol. The Morgan fingerprint density at radius 1 is 1.29 bits per heavy atom. The monoisotopic (exact) mass is 293 g/mol. The second kappa shape index (κ2) is 6.80. The van der Waals surface area contributed by atoms with Crippen molar-refractivity contribution in [2.75, 3.05) is 13.7 Å². The van der Waals surface area contributed by atoms with Crippen molar-refractivity contribution in [3.05, 3.63) is 23.8 Å². The highest BCUT2D eigenvalue weighted by Crippen LogP contribution is 2.27. The first-order valence-corrected chi connectivity index (χ1v) is 7.42. The van der Waals surface area contributed by atoms with E-state index in [0.717, 1.165) is 25.7 Å². The van der Waals surface area contributed by atoms with Crippen LogP contribution in [-0.4, -0.2) is 35.4 Å². The van der Waals surface area contributed by atoms with E-state index in [4.69, 9.17) is 4.74 Å². The summed E-state index contributed by atoms with van der Waals surface area (Å²) >= 11 is 0. The van der Waals surface area contributed by atoms with Gasteiger partial charge in [0.2, 0.25) is 0 Å². The van der Waals surface area contributed by atoms with Gasteiger partial charge in [-0.05, 0) is 25.0 Å². The molecule has 1 aromatic rings. The van der Waals surface area contributed by atoms with Gasteiger partial charge in [-0.3, -0.25) is 4.79 Å². The first kappa shape index (κ1) is 15.6. The molecule has 1 aliphatic carbocycles. The Bertz CT molecular complexity index is 493. The van der Waals surface area contributed by atoms with Gasteiger partial charge in [0, 0.05) is 12.6 Å². The van der Waals surface area contributed by atoms with E-state index in [9.17, 15) is 15.0 Å². The van der Waals surface area contributed by atoms with Crippen molar-refractivity contribution in [2.24, 2.45) is 0 Å². The second-order valence-corrected chi connectivity index (χ2v) is 5.70. The third-order valence-corrected chi connectivity index (χ3v) is 4.06. The molecule has 116 valence electrons. The molecule has 0 radical (unpaired) electrons. The molecule has 1 amide bonds. The number of rotatable bonds is 4. The molecule has 1 aliphatic rings. The summed E-state index contributed by atoms with van der Waals surface area (Å²) in [6.45, 7) is 0.220. The van der Waals surface area contributed by atoms with Crippen LogP contribution in [0.4, 0.5) is 0 Å². The minimum Gasteiger partial charge on any atom is -0.507 e. The van der Waals surface area contributed by atoms with Gasteiger partial charge in [-0.2, -0.15) is 0 Å². The fraction of sp³-hybridized carbons (Fsp3) is 0.562. The van der Waals surface area contributed by atoms with Gasteiger partial charge in [0.15, 0.2) is 0 Å². The molecule has 1 saturated carbocycles. The highest BCUT2D eigenvalue weighted by molar-refractivity contribution is 5.97. The Hall–Kier alpha value is -1.75. The van der Waals surface area contributed by atoms with Gasteiger partial charge in [0.05, 0.1) is 18.3 Å². The Kier molecular flexibility index (Phi) is 5.07. The Balaban J connectivity index is 1.98. The average molecular weight is 293 g/mol. The molecule has 0 atom stereocenters. The van der Waals surface area contributed by atoms with Crippen molar-refractivity contribution < 1.29 is 19.7 Å². The molecule has 0 aromatic heterocycles. The smallest absolute Gasteiger partial charge is 0.255 e. The summed E-state index contributed by atoms with van der Waals surface area (Å²) in [4.78, 5) is 12.1. The molecule has 0 bridgehead atoms. The molecule has 3 N–H and O–H groups in total. The highest BCUT2D eigenvalue weighted by atomic mass is 16.5. The maximum atomic E-state index is 12.1. The quantitative estimate of drug-likeness (QED) is 0.744. The third kappa shape index (κ3) is 4.11. The zero-order valence-corrected chi connectivity index (χ0v) is 12.4. The van der Waals surface area contributed by atoms with E-state index in [1.54, 1.807) is 6.07 Å². The van der Waals surface area contributed by atoms with Crippen LogP contribution >= 0.6 is 0 Å². The summed E-state index contributed by atoms with van der Waals surface area (Å²) < 4.78 is 4.98. The summed E-state index contributed by atoms with van der Waals surface area (Å²) in [5, 5.41) is 23.1. The number of ether oxygens (including phenoxy) is 1. The van der Waals surface area contributed by atoms with Crippen LogP contribution in [0.15, 0.2) is 18.2 Å². The molecule has 1 aromatic carbocycles. The molecule has 0 heterocycles. The zero-order valence-electron chi connectivity index (χ0n) is 12.4. The largest absolute Gasteiger partial charge is 0.507 e. The number of nitrogens with one attached hydrogen (secondary N) is 1. The lowest BCUT2D eigenvalue weighted by Gasteiger charge is -2.26. The maximum Gasteiger partial charge on any atom is 0.255 e. The SMILES string of the molecule is COc1ccc(C(=O)NCC2(O)CCCCCC2)c(O)c1. The van der Waals surface area contributed by atoms with Gasteiger partial charge >= 0.3 is 0 Å². The third-order valence-electron chi connectivity index (χ3n) is 4.06. The van der Waals surface area contributed by atoms with E-state index in [0.29, 0.717) is 18.6 Å². The summed E-state index contributed by atoms with van der Waals surface area (Å²) in [7, 11) is 1.50. The van der Waals surface area contributed by atoms with Crippen molar-refractivity contribution in [1.82, 2.24) is 5.32 Å². The normalized spacial score (nSPS) is 17.8. The number of carbonyl (C=O) groups is 1. The van der Waals surface area contributed by atoms with Gasteiger partial charge in [0.25, 0.3) is 5.91 Å². The second-order valence-electron chi connectivity index (χ2n) is 5.70. The summed E-state index contributed by atoms with van der Waals surface area (Å²) in [6, 6.07) is 4.53. The fourth-order valence-electron chi connectivity index (χ4n) is 2.73. The van der Waals surface area contributed by atoms with Crippen molar-refractivity contribution in [3.63, 3.8) is 0 Å². The summed E-state index contributed by atoms with van der Waals surface area (Å²) in [6.07, 6.45) is 5.66. The summed E-state index contributed by atoms with van der Waals surface area (Å²) in [5.74, 6) is -0.0148. The lowest BCUT2D eigenvalue weighted by atomic mass is 9.94. The minimum absolute atomic E-state index is 0.125. The molecule has 5 nitrogen and oxygen atoms in total. The number of hydrogen-bond donors (Lipinski definition) is 3. The molecule has 2 rings (SSSR count). The number of benzene rings is 1. The molecule has 1 fully saturated rings. The van der Waals surface area contributed by atoms with E-state index in [-0.39, 0.29) is 23.8 Å². The molecule has 5 heteroatoms. The molecular formula is C16H23NO4. The van der Waals surface area contributed by atoms with E-state index in [1.165, 1.54) is 19.2 Å². The van der Waals surface area contributed by atoms with E-state index < -0.39 is 5.60 Å². The van der Waals surface area contributed by atoms with Crippen molar-refractivity contribution in [2.45, 2.75) is 44.1 Å². The van der Waals surface area contributed by atoms with Crippen LogP contribution in [0.25, 0.3) is 0 Å². The first-order chi connectivity index (χ1) is 10.0. The lowest BCUT2D eigenvalue weighted by molar-refractivity contribution is 0.0246. The van der Waals surface area contributed by atoms with Crippen molar-refractivity contribution >= 4 is 5.91 Å². The Labute approximate surface area is 124 Å². The molecule has 0 saturated heterocycles. The van der Waals surface area contributed by atoms with Crippen LogP contribution in [0.2, 0.25) is 0 Å². The molecule has 0 aliphatic heterocycles. The van der Waals surface area contributed by atoms with Gasteiger partial charge in [-0.25, -0.2) is 0 Å². The maximum absolute atomic E-state index is 12.1. The molecular weight excluding hydrogens is 270 g/mol. The lowest BCUT2D eigenvalue weighted by Crippen LogP contribution is -2.42. The standard InChI is InChI=1S/C16H23NO4/c1-21-12-6-7-13(14(18)10-12)15(19)17-11-16(20)8-4-2-3-5-9-16/h6-7,10,18,20H,2-5,8-9,11H2,1H3,(H,17,19). The van der Waals surface area contributed by atoms with E-state index in [2.05, 4.69) is 5.32 Å². The van der Waals surface area contributed by atoms with Gasteiger partial charge in [-0.15, -0.1) is 0 Å². The molecule has 0 spiro atoms. The minimum atomic E-state index is -0.825. The number of phenolic OH excluding ortho intramolecular Hbond substituents is 1. The number of carbonyl (C=O) groups excluding carboxylic acids is 1. The van der Waals surface area contributed by atoms with Crippen LogP contribution in [0.5, 0.6) is 11.5 Å². The van der Waals surface area contributed by atoms with Crippen molar-refractivity contribution in [3.8, 4) is 11.5 Å². The van der Waals surface area contributed by atoms with Crippen LogP contribution in [0.1, 0.15) is 48.9 Å². The number of aromatic hydroxyl groups is 1. The van der Waals surface area contributed by atoms with E-state index in [1.807, 2.05) is 0 Å². The molecule has 0 unspecified atom stereocenters. The summed E-state index contributed by atoms with van der Waals surface area (Å²) in [5.41, 5.74) is -0.637. The number of phenols is 1. The number of hydrogen-bond acceptors (Lipinski definition) is 4. The zero-order chi connectivity index (χ0) is 15.3. The van der Waals surface area contributed by atoms with E-state index >= 15 is 0 Å².